The monoisotopic (exact) mass is 323 g/mol. The number of carbonyl (C=O) groups excluding carboxylic acids is 2. The number of aromatic nitrogens is 1. The Morgan fingerprint density at radius 2 is 2.14 bits per heavy atom. The van der Waals surface area contributed by atoms with Gasteiger partial charge in [-0.15, -0.1) is 0 Å². The quantitative estimate of drug-likeness (QED) is 0.840. The molecule has 0 fully saturated rings. The van der Waals surface area contributed by atoms with E-state index in [2.05, 4.69) is 15.8 Å². The lowest BCUT2D eigenvalue weighted by molar-refractivity contribution is 0.0526. The number of urea groups is 1. The Hall–Kier alpha value is -2.54. The van der Waals surface area contributed by atoms with Gasteiger partial charge in [0.15, 0.2) is 0 Å². The summed E-state index contributed by atoms with van der Waals surface area (Å²) < 4.78 is 9.84. The van der Waals surface area contributed by atoms with Gasteiger partial charge in [0.05, 0.1) is 12.3 Å². The van der Waals surface area contributed by atoms with E-state index < -0.39 is 12.0 Å². The first-order valence-corrected chi connectivity index (χ1v) is 6.86. The largest absolute Gasteiger partial charge is 0.462 e. The molecule has 0 atom stereocenters. The molecule has 0 unspecified atom stereocenters. The second kappa shape index (κ2) is 6.95. The fraction of sp³-hybridized carbons (Fsp3) is 0.214. The maximum atomic E-state index is 11.9. The van der Waals surface area contributed by atoms with Crippen LogP contribution in [-0.2, 0) is 4.74 Å². The molecular weight excluding hydrogens is 310 g/mol. The topological polar surface area (TPSA) is 93.5 Å². The van der Waals surface area contributed by atoms with Crippen molar-refractivity contribution >= 4 is 35.2 Å². The number of amides is 2. The summed E-state index contributed by atoms with van der Waals surface area (Å²) in [6.07, 6.45) is 0. The molecule has 2 amide bonds. The number of halogens is 1. The van der Waals surface area contributed by atoms with Gasteiger partial charge in [-0.05, 0) is 32.0 Å². The molecule has 2 N–H and O–H groups in total. The summed E-state index contributed by atoms with van der Waals surface area (Å²) in [5.74, 6) is -0.685. The van der Waals surface area contributed by atoms with Crippen molar-refractivity contribution in [1.82, 2.24) is 5.16 Å². The average Bonchev–Trinajstić information content (AvgIpc) is 2.79. The van der Waals surface area contributed by atoms with Gasteiger partial charge in [0.2, 0.25) is 5.88 Å². The fourth-order valence-corrected chi connectivity index (χ4v) is 1.92. The molecule has 1 aromatic carbocycles. The molecular formula is C14H14ClN3O4. The molecule has 0 aliphatic carbocycles. The second-order valence-corrected chi connectivity index (χ2v) is 4.72. The maximum Gasteiger partial charge on any atom is 0.345 e. The molecule has 116 valence electrons. The summed E-state index contributed by atoms with van der Waals surface area (Å²) >= 11 is 5.83. The van der Waals surface area contributed by atoms with Crippen molar-refractivity contribution in [2.45, 2.75) is 13.8 Å². The summed E-state index contributed by atoms with van der Waals surface area (Å²) in [4.78, 5) is 23.8. The fourth-order valence-electron chi connectivity index (χ4n) is 1.73. The minimum Gasteiger partial charge on any atom is -0.462 e. The van der Waals surface area contributed by atoms with Gasteiger partial charge in [-0.1, -0.05) is 22.8 Å². The number of carbonyl (C=O) groups is 2. The molecule has 0 saturated heterocycles. The molecule has 1 aromatic heterocycles. The molecule has 1 heterocycles. The van der Waals surface area contributed by atoms with E-state index in [0.717, 1.165) is 0 Å². The highest BCUT2D eigenvalue weighted by Gasteiger charge is 2.23. The van der Waals surface area contributed by atoms with Crippen molar-refractivity contribution in [3.63, 3.8) is 0 Å². The van der Waals surface area contributed by atoms with Crippen molar-refractivity contribution in [1.29, 1.82) is 0 Å². The first-order valence-electron chi connectivity index (χ1n) is 6.48. The predicted molar refractivity (Wildman–Crippen MR) is 81.3 cm³/mol. The summed E-state index contributed by atoms with van der Waals surface area (Å²) in [6.45, 7) is 3.47. The highest BCUT2D eigenvalue weighted by molar-refractivity contribution is 6.30. The third-order valence-electron chi connectivity index (χ3n) is 2.65. The van der Waals surface area contributed by atoms with E-state index in [0.29, 0.717) is 16.4 Å². The Balaban J connectivity index is 2.10. The van der Waals surface area contributed by atoms with Crippen LogP contribution in [0, 0.1) is 6.92 Å². The SMILES string of the molecule is CCOC(=O)c1c(C)noc1NC(=O)Nc1cccc(Cl)c1. The van der Waals surface area contributed by atoms with Crippen LogP contribution >= 0.6 is 11.6 Å². The molecule has 2 rings (SSSR count). The van der Waals surface area contributed by atoms with Gasteiger partial charge < -0.3 is 14.6 Å². The molecule has 0 spiro atoms. The third-order valence-corrected chi connectivity index (χ3v) is 2.89. The van der Waals surface area contributed by atoms with Crippen molar-refractivity contribution in [2.75, 3.05) is 17.2 Å². The van der Waals surface area contributed by atoms with Crippen LogP contribution in [0.4, 0.5) is 16.4 Å². The standard InChI is InChI=1S/C14H14ClN3O4/c1-3-21-13(19)11-8(2)18-22-12(11)17-14(20)16-10-6-4-5-9(15)7-10/h4-7H,3H2,1-2H3,(H2,16,17,20). The van der Waals surface area contributed by atoms with Crippen LogP contribution in [0.15, 0.2) is 28.8 Å². The Bertz CT molecular complexity index is 699. The van der Waals surface area contributed by atoms with Crippen LogP contribution < -0.4 is 10.6 Å². The number of hydrogen-bond donors (Lipinski definition) is 2. The first kappa shape index (κ1) is 15.8. The van der Waals surface area contributed by atoms with E-state index in [-0.39, 0.29) is 18.1 Å². The van der Waals surface area contributed by atoms with Crippen LogP contribution in [0.25, 0.3) is 0 Å². The van der Waals surface area contributed by atoms with Gasteiger partial charge >= 0.3 is 12.0 Å². The predicted octanol–water partition coefficient (Wildman–Crippen LogP) is 3.46. The van der Waals surface area contributed by atoms with Crippen molar-refractivity contribution in [3.8, 4) is 0 Å². The molecule has 0 aliphatic rings. The summed E-state index contributed by atoms with van der Waals surface area (Å²) in [5, 5.41) is 9.12. The number of benzene rings is 1. The number of aryl methyl sites for hydroxylation is 1. The summed E-state index contributed by atoms with van der Waals surface area (Å²) in [7, 11) is 0. The van der Waals surface area contributed by atoms with E-state index in [1.807, 2.05) is 0 Å². The molecule has 8 heteroatoms. The van der Waals surface area contributed by atoms with Gasteiger partial charge in [0.1, 0.15) is 5.56 Å². The minimum atomic E-state index is -0.612. The number of hydrogen-bond acceptors (Lipinski definition) is 5. The highest BCUT2D eigenvalue weighted by atomic mass is 35.5. The zero-order valence-electron chi connectivity index (χ0n) is 12.0. The molecule has 2 aromatic rings. The lowest BCUT2D eigenvalue weighted by Crippen LogP contribution is -2.20. The van der Waals surface area contributed by atoms with Crippen LogP contribution in [0.2, 0.25) is 5.02 Å². The van der Waals surface area contributed by atoms with Crippen molar-refractivity contribution in [2.24, 2.45) is 0 Å². The van der Waals surface area contributed by atoms with Gasteiger partial charge in [0.25, 0.3) is 0 Å². The lowest BCUT2D eigenvalue weighted by Gasteiger charge is -2.07. The van der Waals surface area contributed by atoms with Gasteiger partial charge in [0, 0.05) is 10.7 Å². The molecule has 0 radical (unpaired) electrons. The third kappa shape index (κ3) is 3.76. The van der Waals surface area contributed by atoms with Crippen molar-refractivity contribution < 1.29 is 18.8 Å². The lowest BCUT2D eigenvalue weighted by atomic mass is 10.2. The number of esters is 1. The first-order chi connectivity index (χ1) is 10.5. The number of ether oxygens (including phenoxy) is 1. The van der Waals surface area contributed by atoms with Crippen molar-refractivity contribution in [3.05, 3.63) is 40.5 Å². The summed E-state index contributed by atoms with van der Waals surface area (Å²) in [5.41, 5.74) is 0.915. The normalized spacial score (nSPS) is 10.1. The van der Waals surface area contributed by atoms with E-state index in [9.17, 15) is 9.59 Å². The number of rotatable bonds is 4. The Morgan fingerprint density at radius 3 is 2.82 bits per heavy atom. The maximum absolute atomic E-state index is 11.9. The number of anilines is 2. The smallest absolute Gasteiger partial charge is 0.345 e. The molecule has 0 bridgehead atoms. The zero-order valence-corrected chi connectivity index (χ0v) is 12.7. The Labute approximate surface area is 131 Å². The van der Waals surface area contributed by atoms with Gasteiger partial charge in [-0.2, -0.15) is 0 Å². The van der Waals surface area contributed by atoms with Crippen LogP contribution in [0.5, 0.6) is 0 Å². The summed E-state index contributed by atoms with van der Waals surface area (Å²) in [6, 6.07) is 6.04. The van der Waals surface area contributed by atoms with E-state index in [4.69, 9.17) is 20.9 Å². The van der Waals surface area contributed by atoms with Crippen LogP contribution in [-0.4, -0.2) is 23.8 Å². The Kier molecular flexibility index (Phi) is 5.00. The molecule has 0 saturated carbocycles. The Morgan fingerprint density at radius 1 is 1.36 bits per heavy atom. The van der Waals surface area contributed by atoms with Gasteiger partial charge in [-0.25, -0.2) is 9.59 Å². The van der Waals surface area contributed by atoms with E-state index >= 15 is 0 Å². The second-order valence-electron chi connectivity index (χ2n) is 4.28. The molecule has 22 heavy (non-hydrogen) atoms. The number of nitrogens with zero attached hydrogens (tertiary/aromatic N) is 1. The molecule has 0 aliphatic heterocycles. The van der Waals surface area contributed by atoms with Crippen LogP contribution in [0.1, 0.15) is 23.0 Å². The number of nitrogens with one attached hydrogen (secondary N) is 2. The van der Waals surface area contributed by atoms with E-state index in [1.54, 1.807) is 38.1 Å². The highest BCUT2D eigenvalue weighted by Crippen LogP contribution is 2.21. The minimum absolute atomic E-state index is 0.0736. The van der Waals surface area contributed by atoms with Crippen LogP contribution in [0.3, 0.4) is 0 Å². The van der Waals surface area contributed by atoms with Gasteiger partial charge in [-0.3, -0.25) is 5.32 Å². The molecule has 7 nitrogen and oxygen atoms in total. The average molecular weight is 324 g/mol. The zero-order chi connectivity index (χ0) is 16.1. The van der Waals surface area contributed by atoms with E-state index in [1.165, 1.54) is 0 Å².